The van der Waals surface area contributed by atoms with Crippen LogP contribution in [0.5, 0.6) is 0 Å². The fourth-order valence-corrected chi connectivity index (χ4v) is 3.41. The Morgan fingerprint density at radius 1 is 1.05 bits per heavy atom. The highest BCUT2D eigenvalue weighted by atomic mass is 79.9. The van der Waals surface area contributed by atoms with Gasteiger partial charge in [-0.05, 0) is 46.5 Å². The molecule has 116 valence electrons. The van der Waals surface area contributed by atoms with Crippen LogP contribution in [0.15, 0.2) is 59.1 Å². The molecule has 0 spiro atoms. The molecule has 0 fully saturated rings. The fraction of sp³-hybridized carbons (Fsp3) is 0.235. The first-order valence-corrected chi connectivity index (χ1v) is 9.36. The fourth-order valence-electron chi connectivity index (χ4n) is 2.05. The molecule has 1 amide bonds. The Morgan fingerprint density at radius 3 is 2.45 bits per heavy atom. The zero-order chi connectivity index (χ0) is 15.8. The van der Waals surface area contributed by atoms with Crippen molar-refractivity contribution in [3.05, 3.63) is 64.6 Å². The lowest BCUT2D eigenvalue weighted by Gasteiger charge is -2.07. The summed E-state index contributed by atoms with van der Waals surface area (Å²) in [5.41, 5.74) is 1.94. The van der Waals surface area contributed by atoms with Gasteiger partial charge in [0.25, 0.3) is 0 Å². The molecular weight excluding hydrogens is 362 g/mol. The van der Waals surface area contributed by atoms with E-state index in [2.05, 4.69) is 33.4 Å². The number of anilines is 1. The van der Waals surface area contributed by atoms with Gasteiger partial charge >= 0.3 is 0 Å². The number of para-hydroxylation sites is 1. The van der Waals surface area contributed by atoms with Crippen LogP contribution < -0.4 is 5.32 Å². The second kappa shape index (κ2) is 8.86. The van der Waals surface area contributed by atoms with Gasteiger partial charge in [0.15, 0.2) is 0 Å². The number of hydrogen-bond donors (Lipinski definition) is 1. The van der Waals surface area contributed by atoms with Gasteiger partial charge < -0.3 is 5.32 Å². The van der Waals surface area contributed by atoms with Gasteiger partial charge in [-0.25, -0.2) is 0 Å². The SMILES string of the molecule is O=C(C[S@](=O)CCCc1ccccc1)Nc1ccccc1Br. The summed E-state index contributed by atoms with van der Waals surface area (Å²) in [6.07, 6.45) is 1.71. The monoisotopic (exact) mass is 379 g/mol. The van der Waals surface area contributed by atoms with Crippen LogP contribution in [0.4, 0.5) is 5.69 Å². The van der Waals surface area contributed by atoms with Crippen LogP contribution in [0, 0.1) is 0 Å². The molecule has 3 nitrogen and oxygen atoms in total. The minimum Gasteiger partial charge on any atom is -0.324 e. The number of benzene rings is 2. The molecule has 0 bridgehead atoms. The quantitative estimate of drug-likeness (QED) is 0.795. The molecule has 0 saturated carbocycles. The van der Waals surface area contributed by atoms with Crippen molar-refractivity contribution in [2.24, 2.45) is 0 Å². The predicted octanol–water partition coefficient (Wildman–Crippen LogP) is 3.77. The molecule has 0 unspecified atom stereocenters. The largest absolute Gasteiger partial charge is 0.324 e. The molecule has 0 aliphatic heterocycles. The minimum absolute atomic E-state index is 0.0378. The molecule has 2 aromatic rings. The Kier molecular flexibility index (Phi) is 6.80. The Morgan fingerprint density at radius 2 is 1.73 bits per heavy atom. The van der Waals surface area contributed by atoms with Crippen molar-refractivity contribution in [1.29, 1.82) is 0 Å². The maximum absolute atomic E-state index is 12.0. The van der Waals surface area contributed by atoms with Crippen molar-refractivity contribution in [2.45, 2.75) is 12.8 Å². The van der Waals surface area contributed by atoms with E-state index in [0.717, 1.165) is 17.3 Å². The van der Waals surface area contributed by atoms with E-state index in [9.17, 15) is 9.00 Å². The zero-order valence-electron chi connectivity index (χ0n) is 12.1. The van der Waals surface area contributed by atoms with Crippen molar-refractivity contribution in [3.8, 4) is 0 Å². The second-order valence-electron chi connectivity index (χ2n) is 4.91. The highest BCUT2D eigenvalue weighted by Gasteiger charge is 2.09. The molecule has 1 N–H and O–H groups in total. The molecule has 2 aromatic carbocycles. The number of amides is 1. The lowest BCUT2D eigenvalue weighted by molar-refractivity contribution is -0.113. The first kappa shape index (κ1) is 16.9. The van der Waals surface area contributed by atoms with Crippen molar-refractivity contribution in [3.63, 3.8) is 0 Å². The molecule has 0 saturated heterocycles. The van der Waals surface area contributed by atoms with Gasteiger partial charge in [-0.2, -0.15) is 0 Å². The van der Waals surface area contributed by atoms with Crippen LogP contribution in [0.25, 0.3) is 0 Å². The summed E-state index contributed by atoms with van der Waals surface area (Å²) < 4.78 is 12.8. The highest BCUT2D eigenvalue weighted by Crippen LogP contribution is 2.20. The predicted molar refractivity (Wildman–Crippen MR) is 95.4 cm³/mol. The van der Waals surface area contributed by atoms with Gasteiger partial charge in [-0.15, -0.1) is 0 Å². The minimum atomic E-state index is -1.13. The molecule has 0 aliphatic rings. The summed E-state index contributed by atoms with van der Waals surface area (Å²) in [6.45, 7) is 0. The van der Waals surface area contributed by atoms with Crippen molar-refractivity contribution < 1.29 is 9.00 Å². The number of nitrogens with one attached hydrogen (secondary N) is 1. The first-order valence-electron chi connectivity index (χ1n) is 7.08. The van der Waals surface area contributed by atoms with Gasteiger partial charge in [0.1, 0.15) is 5.75 Å². The lowest BCUT2D eigenvalue weighted by Crippen LogP contribution is -2.21. The van der Waals surface area contributed by atoms with Gasteiger partial charge in [0.05, 0.1) is 5.69 Å². The van der Waals surface area contributed by atoms with Gasteiger partial charge in [-0.3, -0.25) is 9.00 Å². The van der Waals surface area contributed by atoms with E-state index in [1.165, 1.54) is 5.56 Å². The number of rotatable bonds is 7. The Bertz CT molecular complexity index is 646. The molecule has 0 radical (unpaired) electrons. The van der Waals surface area contributed by atoms with E-state index >= 15 is 0 Å². The third-order valence-corrected chi connectivity index (χ3v) is 5.14. The summed E-state index contributed by atoms with van der Waals surface area (Å²) in [4.78, 5) is 11.9. The number of carbonyl (C=O) groups is 1. The lowest BCUT2D eigenvalue weighted by atomic mass is 10.1. The molecule has 5 heteroatoms. The molecule has 22 heavy (non-hydrogen) atoms. The smallest absolute Gasteiger partial charge is 0.237 e. The van der Waals surface area contributed by atoms with Crippen molar-refractivity contribution in [2.75, 3.05) is 16.8 Å². The van der Waals surface area contributed by atoms with Crippen molar-refractivity contribution in [1.82, 2.24) is 0 Å². The summed E-state index contributed by atoms with van der Waals surface area (Å²) >= 11 is 3.37. The standard InChI is InChI=1S/C17H18BrNO2S/c18-15-10-4-5-11-16(15)19-17(20)13-22(21)12-6-9-14-7-2-1-3-8-14/h1-5,7-8,10-11H,6,9,12-13H2,(H,19,20)/t22-/m1/s1. The van der Waals surface area contributed by atoms with Crippen LogP contribution >= 0.6 is 15.9 Å². The molecule has 1 atom stereocenters. The zero-order valence-corrected chi connectivity index (χ0v) is 14.5. The van der Waals surface area contributed by atoms with E-state index in [4.69, 9.17) is 0 Å². The summed E-state index contributed by atoms with van der Waals surface area (Å²) in [5, 5.41) is 2.77. The number of hydrogen-bond acceptors (Lipinski definition) is 2. The molecule has 0 aromatic heterocycles. The van der Waals surface area contributed by atoms with Crippen molar-refractivity contribution >= 4 is 38.3 Å². The molecular formula is C17H18BrNO2S. The van der Waals surface area contributed by atoms with Gasteiger partial charge in [0, 0.05) is 21.0 Å². The summed E-state index contributed by atoms with van der Waals surface area (Å²) in [6, 6.07) is 17.5. The molecule has 2 rings (SSSR count). The van der Waals surface area contributed by atoms with E-state index in [-0.39, 0.29) is 11.7 Å². The average molecular weight is 380 g/mol. The Balaban J connectivity index is 1.72. The number of carbonyl (C=O) groups excluding carboxylic acids is 1. The third kappa shape index (κ3) is 5.73. The topological polar surface area (TPSA) is 46.2 Å². The Labute approximate surface area is 141 Å². The molecule has 0 heterocycles. The van der Waals surface area contributed by atoms with Gasteiger partial charge in [-0.1, -0.05) is 42.5 Å². The van der Waals surface area contributed by atoms with Crippen LogP contribution in [-0.4, -0.2) is 21.6 Å². The Hall–Kier alpha value is -1.46. The molecule has 0 aliphatic carbocycles. The van der Waals surface area contributed by atoms with Crippen LogP contribution in [0.2, 0.25) is 0 Å². The van der Waals surface area contributed by atoms with Crippen LogP contribution in [0.1, 0.15) is 12.0 Å². The van der Waals surface area contributed by atoms with Gasteiger partial charge in [0.2, 0.25) is 5.91 Å². The second-order valence-corrected chi connectivity index (χ2v) is 7.34. The summed E-state index contributed by atoms with van der Waals surface area (Å²) in [7, 11) is -1.13. The van der Waals surface area contributed by atoms with E-state index in [1.807, 2.05) is 36.4 Å². The van der Waals surface area contributed by atoms with Crippen LogP contribution in [0.3, 0.4) is 0 Å². The first-order chi connectivity index (χ1) is 10.6. The normalized spacial score (nSPS) is 11.9. The maximum Gasteiger partial charge on any atom is 0.237 e. The van der Waals surface area contributed by atoms with E-state index in [1.54, 1.807) is 6.07 Å². The number of halogens is 1. The van der Waals surface area contributed by atoms with E-state index in [0.29, 0.717) is 11.4 Å². The number of aryl methyl sites for hydroxylation is 1. The maximum atomic E-state index is 12.0. The third-order valence-electron chi connectivity index (χ3n) is 3.12. The highest BCUT2D eigenvalue weighted by molar-refractivity contribution is 9.10. The summed E-state index contributed by atoms with van der Waals surface area (Å²) in [5.74, 6) is 0.360. The van der Waals surface area contributed by atoms with Crippen LogP contribution in [-0.2, 0) is 22.0 Å². The van der Waals surface area contributed by atoms with E-state index < -0.39 is 10.8 Å². The average Bonchev–Trinajstić information content (AvgIpc) is 2.50.